The minimum atomic E-state index is -4.84. The summed E-state index contributed by atoms with van der Waals surface area (Å²) in [6.45, 7) is 3.27. The van der Waals surface area contributed by atoms with Gasteiger partial charge in [-0.05, 0) is 38.1 Å². The van der Waals surface area contributed by atoms with Crippen LogP contribution in [0.2, 0.25) is 0 Å². The number of ether oxygens (including phenoxy) is 1. The van der Waals surface area contributed by atoms with Gasteiger partial charge < -0.3 is 14.6 Å². The summed E-state index contributed by atoms with van der Waals surface area (Å²) in [7, 11) is 0. The summed E-state index contributed by atoms with van der Waals surface area (Å²) in [4.78, 5) is 24.1. The Morgan fingerprint density at radius 1 is 1.23 bits per heavy atom. The van der Waals surface area contributed by atoms with Gasteiger partial charge >= 0.3 is 12.1 Å². The van der Waals surface area contributed by atoms with E-state index < -0.39 is 29.3 Å². The highest BCUT2D eigenvalue weighted by atomic mass is 19.4. The summed E-state index contributed by atoms with van der Waals surface area (Å²) >= 11 is 0. The average molecular weight is 422 g/mol. The standard InChI is InChI=1S/C19H17F3N4O4/c1-3-29-18(28)15-10-24-26(16(15)19(20,21)22)14-6-4-12(5-7-14)17(27)23-9-13-8-11(2)30-25-13/h4-8,10H,3,9H2,1-2H3,(H,23,27). The molecule has 0 fully saturated rings. The summed E-state index contributed by atoms with van der Waals surface area (Å²) in [5, 5.41) is 10.1. The van der Waals surface area contributed by atoms with Crippen LogP contribution < -0.4 is 5.32 Å². The Labute approximate surface area is 168 Å². The number of hydrogen-bond acceptors (Lipinski definition) is 6. The van der Waals surface area contributed by atoms with E-state index in [1.54, 1.807) is 13.0 Å². The number of hydrogen-bond donors (Lipinski definition) is 1. The zero-order valence-electron chi connectivity index (χ0n) is 16.0. The first kappa shape index (κ1) is 21.1. The predicted molar refractivity (Wildman–Crippen MR) is 96.9 cm³/mol. The number of rotatable bonds is 6. The molecule has 0 aliphatic heterocycles. The van der Waals surface area contributed by atoms with E-state index >= 15 is 0 Å². The van der Waals surface area contributed by atoms with Gasteiger partial charge in [-0.2, -0.15) is 18.3 Å². The smallest absolute Gasteiger partial charge is 0.434 e. The topological polar surface area (TPSA) is 99.2 Å². The molecule has 158 valence electrons. The number of alkyl halides is 3. The molecule has 3 rings (SSSR count). The van der Waals surface area contributed by atoms with E-state index in [4.69, 9.17) is 4.52 Å². The van der Waals surface area contributed by atoms with Crippen LogP contribution in [0.15, 0.2) is 41.1 Å². The highest BCUT2D eigenvalue weighted by Crippen LogP contribution is 2.34. The van der Waals surface area contributed by atoms with E-state index in [1.165, 1.54) is 31.2 Å². The minimum absolute atomic E-state index is 0.0292. The molecule has 0 radical (unpaired) electrons. The molecular weight excluding hydrogens is 405 g/mol. The van der Waals surface area contributed by atoms with Crippen molar-refractivity contribution in [1.82, 2.24) is 20.3 Å². The number of amides is 1. The van der Waals surface area contributed by atoms with Crippen LogP contribution in [-0.2, 0) is 17.5 Å². The Balaban J connectivity index is 1.82. The van der Waals surface area contributed by atoms with Crippen LogP contribution >= 0.6 is 0 Å². The Kier molecular flexibility index (Phi) is 5.90. The van der Waals surface area contributed by atoms with Crippen molar-refractivity contribution < 1.29 is 32.0 Å². The van der Waals surface area contributed by atoms with Gasteiger partial charge in [0.1, 0.15) is 17.0 Å². The third kappa shape index (κ3) is 4.50. The minimum Gasteiger partial charge on any atom is -0.462 e. The maximum absolute atomic E-state index is 13.6. The van der Waals surface area contributed by atoms with Crippen LogP contribution in [0.3, 0.4) is 0 Å². The zero-order chi connectivity index (χ0) is 21.9. The maximum Gasteiger partial charge on any atom is 0.434 e. The molecular formula is C19H17F3N4O4. The molecule has 2 aromatic heterocycles. The van der Waals surface area contributed by atoms with Gasteiger partial charge in [-0.25, -0.2) is 9.48 Å². The van der Waals surface area contributed by atoms with Crippen LogP contribution in [0.25, 0.3) is 5.69 Å². The lowest BCUT2D eigenvalue weighted by molar-refractivity contribution is -0.143. The first-order valence-corrected chi connectivity index (χ1v) is 8.84. The number of nitrogens with one attached hydrogen (secondary N) is 1. The Bertz CT molecular complexity index is 1050. The van der Waals surface area contributed by atoms with Gasteiger partial charge in [-0.15, -0.1) is 0 Å². The Morgan fingerprint density at radius 3 is 2.50 bits per heavy atom. The van der Waals surface area contributed by atoms with Gasteiger partial charge in [0.05, 0.1) is 25.0 Å². The van der Waals surface area contributed by atoms with Gasteiger partial charge in [0.25, 0.3) is 5.91 Å². The van der Waals surface area contributed by atoms with Crippen molar-refractivity contribution in [1.29, 1.82) is 0 Å². The number of carbonyl (C=O) groups excluding carboxylic acids is 2. The molecule has 2 heterocycles. The van der Waals surface area contributed by atoms with Gasteiger partial charge in [0.15, 0.2) is 5.69 Å². The number of halogens is 3. The first-order chi connectivity index (χ1) is 14.2. The third-order valence-corrected chi connectivity index (χ3v) is 4.01. The van der Waals surface area contributed by atoms with Crippen LogP contribution in [0.1, 0.15) is 44.8 Å². The number of esters is 1. The van der Waals surface area contributed by atoms with Crippen molar-refractivity contribution >= 4 is 11.9 Å². The Morgan fingerprint density at radius 2 is 1.93 bits per heavy atom. The molecule has 1 aromatic carbocycles. The molecule has 30 heavy (non-hydrogen) atoms. The maximum atomic E-state index is 13.6. The lowest BCUT2D eigenvalue weighted by Gasteiger charge is -2.12. The Hall–Kier alpha value is -3.63. The number of aromatic nitrogens is 3. The second-order valence-electron chi connectivity index (χ2n) is 6.20. The van der Waals surface area contributed by atoms with Crippen LogP contribution in [0.4, 0.5) is 13.2 Å². The average Bonchev–Trinajstić information content (AvgIpc) is 3.32. The normalized spacial score (nSPS) is 11.4. The molecule has 11 heteroatoms. The fourth-order valence-electron chi connectivity index (χ4n) is 2.70. The van der Waals surface area contributed by atoms with Crippen molar-refractivity contribution in [2.24, 2.45) is 0 Å². The summed E-state index contributed by atoms with van der Waals surface area (Å²) in [6.07, 6.45) is -4.04. The molecule has 0 spiro atoms. The molecule has 1 amide bonds. The third-order valence-electron chi connectivity index (χ3n) is 4.01. The van der Waals surface area contributed by atoms with Gasteiger partial charge in [0.2, 0.25) is 0 Å². The lowest BCUT2D eigenvalue weighted by Crippen LogP contribution is -2.23. The zero-order valence-corrected chi connectivity index (χ0v) is 16.0. The highest BCUT2D eigenvalue weighted by molar-refractivity contribution is 5.94. The van der Waals surface area contributed by atoms with E-state index in [0.29, 0.717) is 16.1 Å². The van der Waals surface area contributed by atoms with Crippen LogP contribution in [-0.4, -0.2) is 33.4 Å². The molecule has 0 aliphatic rings. The predicted octanol–water partition coefficient (Wildman–Crippen LogP) is 3.29. The fraction of sp³-hybridized carbons (Fsp3) is 0.263. The second-order valence-corrected chi connectivity index (χ2v) is 6.20. The van der Waals surface area contributed by atoms with Crippen molar-refractivity contribution in [3.8, 4) is 5.69 Å². The first-order valence-electron chi connectivity index (χ1n) is 8.84. The molecule has 1 N–H and O–H groups in total. The highest BCUT2D eigenvalue weighted by Gasteiger charge is 2.41. The lowest BCUT2D eigenvalue weighted by atomic mass is 10.2. The largest absolute Gasteiger partial charge is 0.462 e. The van der Waals surface area contributed by atoms with Crippen molar-refractivity contribution in [2.45, 2.75) is 26.6 Å². The van der Waals surface area contributed by atoms with Crippen molar-refractivity contribution in [3.63, 3.8) is 0 Å². The van der Waals surface area contributed by atoms with Gasteiger partial charge in [0, 0.05) is 11.6 Å². The number of nitrogens with zero attached hydrogens (tertiary/aromatic N) is 3. The molecule has 0 saturated heterocycles. The number of carbonyl (C=O) groups is 2. The summed E-state index contributed by atoms with van der Waals surface area (Å²) in [5.74, 6) is -0.952. The molecule has 0 unspecified atom stereocenters. The molecule has 3 aromatic rings. The second kappa shape index (κ2) is 8.39. The van der Waals surface area contributed by atoms with Crippen molar-refractivity contribution in [2.75, 3.05) is 6.61 Å². The molecule has 0 saturated carbocycles. The van der Waals surface area contributed by atoms with E-state index in [1.807, 2.05) is 0 Å². The fourth-order valence-corrected chi connectivity index (χ4v) is 2.70. The molecule has 0 aliphatic carbocycles. The van der Waals surface area contributed by atoms with E-state index in [-0.39, 0.29) is 24.4 Å². The van der Waals surface area contributed by atoms with Crippen LogP contribution in [0.5, 0.6) is 0 Å². The summed E-state index contributed by atoms with van der Waals surface area (Å²) in [5.41, 5.74) is -1.14. The molecule has 8 nitrogen and oxygen atoms in total. The summed E-state index contributed by atoms with van der Waals surface area (Å²) in [6, 6.07) is 6.97. The van der Waals surface area contributed by atoms with Crippen molar-refractivity contribution in [3.05, 3.63) is 64.8 Å². The monoisotopic (exact) mass is 422 g/mol. The molecule has 0 atom stereocenters. The van der Waals surface area contributed by atoms with E-state index in [2.05, 4.69) is 20.3 Å². The summed E-state index contributed by atoms with van der Waals surface area (Å²) < 4.78 is 50.8. The van der Waals surface area contributed by atoms with Crippen LogP contribution in [0, 0.1) is 6.92 Å². The number of benzene rings is 1. The van der Waals surface area contributed by atoms with Gasteiger partial charge in [-0.3, -0.25) is 4.79 Å². The van der Waals surface area contributed by atoms with E-state index in [9.17, 15) is 22.8 Å². The quantitative estimate of drug-likeness (QED) is 0.612. The number of aryl methyl sites for hydroxylation is 1. The van der Waals surface area contributed by atoms with E-state index in [0.717, 1.165) is 6.20 Å². The van der Waals surface area contributed by atoms with Gasteiger partial charge in [-0.1, -0.05) is 5.16 Å². The SMILES string of the molecule is CCOC(=O)c1cnn(-c2ccc(C(=O)NCc3cc(C)on3)cc2)c1C(F)(F)F. The molecule has 0 bridgehead atoms.